The first kappa shape index (κ1) is 26.2. The molecule has 7 heteroatoms. The Balaban J connectivity index is 1.57. The second-order valence-electron chi connectivity index (χ2n) is 10.7. The lowest BCUT2D eigenvalue weighted by atomic mass is 9.64. The highest BCUT2D eigenvalue weighted by Gasteiger charge is 2.72. The SMILES string of the molecule is COc1ccc([C@H]2[C@@H](C(=O)c3ccc(Cl)cc3)N3c4ccccc4C=C[C@@H]3C23C(=O)c2ccccc2C3=O)c(OC)c1. The predicted molar refractivity (Wildman–Crippen MR) is 161 cm³/mol. The predicted octanol–water partition coefficient (Wildman–Crippen LogP) is 6.67. The molecule has 0 bridgehead atoms. The molecule has 0 unspecified atom stereocenters. The summed E-state index contributed by atoms with van der Waals surface area (Å²) in [4.78, 5) is 46.3. The van der Waals surface area contributed by atoms with Gasteiger partial charge in [0.1, 0.15) is 23.0 Å². The molecule has 0 N–H and O–H groups in total. The number of nitrogens with zero attached hydrogens (tertiary/aromatic N) is 1. The van der Waals surface area contributed by atoms with Crippen LogP contribution in [0.4, 0.5) is 5.69 Å². The summed E-state index contributed by atoms with van der Waals surface area (Å²) in [6.07, 6.45) is 3.85. The van der Waals surface area contributed by atoms with E-state index in [1.807, 2.05) is 47.4 Å². The molecule has 42 heavy (non-hydrogen) atoms. The maximum Gasteiger partial charge on any atom is 0.185 e. The fraction of sp³-hybridized carbons (Fsp3) is 0.171. The van der Waals surface area contributed by atoms with Crippen molar-refractivity contribution in [2.24, 2.45) is 5.41 Å². The first-order valence-electron chi connectivity index (χ1n) is 13.7. The number of carbonyl (C=O) groups is 3. The van der Waals surface area contributed by atoms with E-state index in [1.54, 1.807) is 67.8 Å². The quantitative estimate of drug-likeness (QED) is 0.195. The highest BCUT2D eigenvalue weighted by molar-refractivity contribution is 6.32. The number of fused-ring (bicyclic) bond motifs is 5. The maximum atomic E-state index is 14.8. The maximum absolute atomic E-state index is 14.8. The fourth-order valence-electron chi connectivity index (χ4n) is 7.12. The Morgan fingerprint density at radius 3 is 2.17 bits per heavy atom. The lowest BCUT2D eigenvalue weighted by Gasteiger charge is -2.37. The Kier molecular flexibility index (Phi) is 6.06. The molecule has 0 saturated carbocycles. The van der Waals surface area contributed by atoms with Gasteiger partial charge in [-0.25, -0.2) is 0 Å². The van der Waals surface area contributed by atoms with Crippen LogP contribution < -0.4 is 14.4 Å². The number of para-hydroxylation sites is 1. The number of ether oxygens (including phenoxy) is 2. The third-order valence-corrected chi connectivity index (χ3v) is 9.14. The number of hydrogen-bond acceptors (Lipinski definition) is 6. The summed E-state index contributed by atoms with van der Waals surface area (Å²) >= 11 is 6.19. The van der Waals surface area contributed by atoms with Gasteiger partial charge in [0, 0.05) is 44.9 Å². The zero-order chi connectivity index (χ0) is 29.2. The summed E-state index contributed by atoms with van der Waals surface area (Å²) in [5, 5.41) is 0.503. The van der Waals surface area contributed by atoms with Crippen LogP contribution in [0.1, 0.15) is 48.1 Å². The van der Waals surface area contributed by atoms with Crippen LogP contribution >= 0.6 is 11.6 Å². The zero-order valence-electron chi connectivity index (χ0n) is 22.9. The first-order valence-corrected chi connectivity index (χ1v) is 14.1. The van der Waals surface area contributed by atoms with Gasteiger partial charge in [-0.05, 0) is 42.0 Å². The van der Waals surface area contributed by atoms with Crippen molar-refractivity contribution in [3.8, 4) is 11.5 Å². The monoisotopic (exact) mass is 575 g/mol. The van der Waals surface area contributed by atoms with Crippen LogP contribution in [0.3, 0.4) is 0 Å². The van der Waals surface area contributed by atoms with Gasteiger partial charge in [0.25, 0.3) is 0 Å². The molecule has 0 amide bonds. The van der Waals surface area contributed by atoms with Crippen molar-refractivity contribution in [3.63, 3.8) is 0 Å². The van der Waals surface area contributed by atoms with Crippen molar-refractivity contribution in [2.45, 2.75) is 18.0 Å². The number of ketones is 3. The number of rotatable bonds is 5. The van der Waals surface area contributed by atoms with Crippen LogP contribution in [0.5, 0.6) is 11.5 Å². The molecule has 1 spiro atoms. The number of carbonyl (C=O) groups excluding carboxylic acids is 3. The van der Waals surface area contributed by atoms with E-state index in [2.05, 4.69) is 0 Å². The highest BCUT2D eigenvalue weighted by atomic mass is 35.5. The lowest BCUT2D eigenvalue weighted by Crippen LogP contribution is -2.48. The Morgan fingerprint density at radius 2 is 1.50 bits per heavy atom. The Morgan fingerprint density at radius 1 is 0.833 bits per heavy atom. The van der Waals surface area contributed by atoms with Crippen molar-refractivity contribution in [2.75, 3.05) is 19.1 Å². The van der Waals surface area contributed by atoms with E-state index < -0.39 is 23.4 Å². The zero-order valence-corrected chi connectivity index (χ0v) is 23.7. The van der Waals surface area contributed by atoms with E-state index in [0.29, 0.717) is 38.8 Å². The largest absolute Gasteiger partial charge is 0.497 e. The molecule has 1 fully saturated rings. The molecule has 4 aromatic carbocycles. The normalized spacial score (nSPS) is 21.2. The Bertz CT molecular complexity index is 1780. The van der Waals surface area contributed by atoms with Gasteiger partial charge in [-0.1, -0.05) is 72.3 Å². The molecule has 1 aliphatic carbocycles. The van der Waals surface area contributed by atoms with Gasteiger partial charge in [0.2, 0.25) is 0 Å². The molecule has 0 aromatic heterocycles. The number of halogens is 1. The van der Waals surface area contributed by atoms with Crippen LogP contribution in [-0.2, 0) is 0 Å². The molecule has 0 radical (unpaired) electrons. The van der Waals surface area contributed by atoms with E-state index in [-0.39, 0.29) is 17.3 Å². The van der Waals surface area contributed by atoms with Crippen LogP contribution in [0.15, 0.2) is 97.1 Å². The van der Waals surface area contributed by atoms with Crippen molar-refractivity contribution in [1.29, 1.82) is 0 Å². The van der Waals surface area contributed by atoms with E-state index in [4.69, 9.17) is 21.1 Å². The number of hydrogen-bond donors (Lipinski definition) is 0. The summed E-state index contributed by atoms with van der Waals surface area (Å²) in [5.41, 5.74) is 1.81. The standard InChI is InChI=1S/C35H26ClNO5/c1-41-23-16-17-26(28(19-23)42-2)30-31(32(38)21-11-14-22(36)15-12-21)37-27-10-6-3-7-20(27)13-18-29(37)35(30)33(39)24-8-4-5-9-25(24)34(35)40/h3-19,29-31H,1-2H3/t29-,30+,31+/m1/s1. The summed E-state index contributed by atoms with van der Waals surface area (Å²) in [6, 6.07) is 25.0. The van der Waals surface area contributed by atoms with Crippen molar-refractivity contribution < 1.29 is 23.9 Å². The van der Waals surface area contributed by atoms with Crippen LogP contribution in [0.2, 0.25) is 5.02 Å². The average Bonchev–Trinajstić information content (AvgIpc) is 3.46. The summed E-state index contributed by atoms with van der Waals surface area (Å²) < 4.78 is 11.3. The minimum atomic E-state index is -1.62. The van der Waals surface area contributed by atoms with Crippen LogP contribution in [0, 0.1) is 5.41 Å². The molecule has 4 aromatic rings. The molecule has 3 aliphatic rings. The summed E-state index contributed by atoms with van der Waals surface area (Å²) in [6.45, 7) is 0. The number of methoxy groups -OCH3 is 2. The average molecular weight is 576 g/mol. The lowest BCUT2D eigenvalue weighted by molar-refractivity contribution is 0.0665. The van der Waals surface area contributed by atoms with Gasteiger partial charge in [-0.15, -0.1) is 0 Å². The number of Topliss-reactive ketones (excluding diaryl/α,β-unsaturated/α-hetero) is 3. The molecule has 6 nitrogen and oxygen atoms in total. The van der Waals surface area contributed by atoms with Crippen molar-refractivity contribution in [3.05, 3.63) is 130 Å². The Hall–Kier alpha value is -4.68. The topological polar surface area (TPSA) is 72.9 Å². The molecule has 1 saturated heterocycles. The highest BCUT2D eigenvalue weighted by Crippen LogP contribution is 2.62. The van der Waals surface area contributed by atoms with E-state index in [9.17, 15) is 14.4 Å². The van der Waals surface area contributed by atoms with Crippen LogP contribution in [-0.4, -0.2) is 43.7 Å². The van der Waals surface area contributed by atoms with Crippen molar-refractivity contribution >= 4 is 40.7 Å². The van der Waals surface area contributed by atoms with Gasteiger partial charge >= 0.3 is 0 Å². The van der Waals surface area contributed by atoms with E-state index in [1.165, 1.54) is 7.11 Å². The molecular weight excluding hydrogens is 550 g/mol. The third kappa shape index (κ3) is 3.48. The number of anilines is 1. The van der Waals surface area contributed by atoms with Gasteiger partial charge in [-0.2, -0.15) is 0 Å². The number of benzene rings is 4. The Labute approximate surface area is 248 Å². The van der Waals surface area contributed by atoms with E-state index >= 15 is 0 Å². The second kappa shape index (κ2) is 9.71. The fourth-order valence-corrected chi connectivity index (χ4v) is 7.25. The van der Waals surface area contributed by atoms with E-state index in [0.717, 1.165) is 11.3 Å². The van der Waals surface area contributed by atoms with Crippen molar-refractivity contribution in [1.82, 2.24) is 0 Å². The minimum absolute atomic E-state index is 0.224. The molecule has 208 valence electrons. The smallest absolute Gasteiger partial charge is 0.185 e. The second-order valence-corrected chi connectivity index (χ2v) is 11.2. The summed E-state index contributed by atoms with van der Waals surface area (Å²) in [7, 11) is 3.09. The molecule has 7 rings (SSSR count). The third-order valence-electron chi connectivity index (χ3n) is 8.89. The molecule has 2 heterocycles. The van der Waals surface area contributed by atoms with Gasteiger partial charge < -0.3 is 14.4 Å². The minimum Gasteiger partial charge on any atom is -0.497 e. The molecule has 2 aliphatic heterocycles. The van der Waals surface area contributed by atoms with Gasteiger partial charge in [-0.3, -0.25) is 14.4 Å². The molecular formula is C35H26ClNO5. The summed E-state index contributed by atoms with van der Waals surface area (Å²) in [5.74, 6) is -0.722. The van der Waals surface area contributed by atoms with Gasteiger partial charge in [0.15, 0.2) is 17.3 Å². The molecule has 3 atom stereocenters. The van der Waals surface area contributed by atoms with Gasteiger partial charge in [0.05, 0.1) is 20.3 Å². The van der Waals surface area contributed by atoms with Crippen LogP contribution in [0.25, 0.3) is 6.08 Å². The first-order chi connectivity index (χ1) is 20.4.